The Morgan fingerprint density at radius 1 is 1.19 bits per heavy atom. The van der Waals surface area contributed by atoms with Crippen molar-refractivity contribution >= 4 is 10.9 Å². The van der Waals surface area contributed by atoms with Crippen LogP contribution in [0.4, 0.5) is 4.39 Å². The Kier molecular flexibility index (Phi) is 5.14. The number of aliphatic hydroxyl groups excluding tert-OH is 1. The minimum absolute atomic E-state index is 0.115. The first kappa shape index (κ1) is 20.3. The summed E-state index contributed by atoms with van der Waals surface area (Å²) < 4.78 is 22.0. The Balaban J connectivity index is 1.57. The summed E-state index contributed by atoms with van der Waals surface area (Å²) in [6, 6.07) is 6.35. The van der Waals surface area contributed by atoms with Gasteiger partial charge in [0.1, 0.15) is 6.17 Å². The molecule has 8 heteroatoms. The second-order valence-electron chi connectivity index (χ2n) is 8.96. The second kappa shape index (κ2) is 7.84. The summed E-state index contributed by atoms with van der Waals surface area (Å²) in [4.78, 5) is 11.0. The van der Waals surface area contributed by atoms with Crippen molar-refractivity contribution in [2.24, 2.45) is 0 Å². The van der Waals surface area contributed by atoms with Crippen molar-refractivity contribution in [1.29, 1.82) is 0 Å². The van der Waals surface area contributed by atoms with Gasteiger partial charge in [0.25, 0.3) is 0 Å². The molecule has 31 heavy (non-hydrogen) atoms. The maximum absolute atomic E-state index is 14.9. The highest BCUT2D eigenvalue weighted by atomic mass is 19.1. The fourth-order valence-electron chi connectivity index (χ4n) is 4.86. The van der Waals surface area contributed by atoms with E-state index in [0.29, 0.717) is 25.2 Å². The lowest BCUT2D eigenvalue weighted by Crippen LogP contribution is -2.38. The van der Waals surface area contributed by atoms with E-state index in [2.05, 4.69) is 27.2 Å². The highest BCUT2D eigenvalue weighted by Gasteiger charge is 2.32. The van der Waals surface area contributed by atoms with E-state index in [1.165, 1.54) is 0 Å². The normalized spacial score (nSPS) is 26.7. The molecule has 0 unspecified atom stereocenters. The number of piperidine rings is 1. The third kappa shape index (κ3) is 3.68. The summed E-state index contributed by atoms with van der Waals surface area (Å²) in [6.45, 7) is 3.40. The van der Waals surface area contributed by atoms with Gasteiger partial charge in [0.2, 0.25) is 0 Å². The molecule has 3 heterocycles. The SMILES string of the molecule is COc1nc(C2CC(O)C2)cc(-n2ncc3cc(C)c([C@H]4CCN(C)C[C@@H]4F)cc32)n1. The van der Waals surface area contributed by atoms with Gasteiger partial charge in [-0.05, 0) is 63.0 Å². The summed E-state index contributed by atoms with van der Waals surface area (Å²) in [7, 11) is 3.51. The van der Waals surface area contributed by atoms with Crippen molar-refractivity contribution in [3.05, 3.63) is 41.2 Å². The lowest BCUT2D eigenvalue weighted by atomic mass is 9.80. The van der Waals surface area contributed by atoms with E-state index in [0.717, 1.165) is 40.7 Å². The molecule has 2 aromatic heterocycles. The van der Waals surface area contributed by atoms with Gasteiger partial charge < -0.3 is 14.7 Å². The number of methoxy groups -OCH3 is 1. The maximum atomic E-state index is 14.9. The van der Waals surface area contributed by atoms with Crippen molar-refractivity contribution < 1.29 is 14.2 Å². The summed E-state index contributed by atoms with van der Waals surface area (Å²) in [5.74, 6) is 0.695. The lowest BCUT2D eigenvalue weighted by Gasteiger charge is -2.33. The molecule has 1 aromatic carbocycles. The van der Waals surface area contributed by atoms with Crippen LogP contribution < -0.4 is 4.74 Å². The zero-order valence-electron chi connectivity index (χ0n) is 18.1. The minimum Gasteiger partial charge on any atom is -0.467 e. The average molecular weight is 426 g/mol. The Hall–Kier alpha value is -2.58. The molecule has 2 atom stereocenters. The molecule has 1 aliphatic heterocycles. The molecule has 5 rings (SSSR count). The van der Waals surface area contributed by atoms with E-state index in [4.69, 9.17) is 4.74 Å². The van der Waals surface area contributed by atoms with Gasteiger partial charge in [0.15, 0.2) is 5.82 Å². The fourth-order valence-corrected chi connectivity index (χ4v) is 4.86. The van der Waals surface area contributed by atoms with E-state index >= 15 is 0 Å². The Labute approximate surface area is 180 Å². The van der Waals surface area contributed by atoms with Crippen molar-refractivity contribution in [3.8, 4) is 11.8 Å². The Morgan fingerprint density at radius 3 is 2.71 bits per heavy atom. The molecule has 164 valence electrons. The number of rotatable bonds is 4. The third-order valence-corrected chi connectivity index (χ3v) is 6.74. The summed E-state index contributed by atoms with van der Waals surface area (Å²) >= 11 is 0. The second-order valence-corrected chi connectivity index (χ2v) is 8.96. The molecule has 0 spiro atoms. The number of hydrogen-bond acceptors (Lipinski definition) is 6. The minimum atomic E-state index is -0.887. The van der Waals surface area contributed by atoms with Crippen LogP contribution >= 0.6 is 0 Å². The van der Waals surface area contributed by atoms with Gasteiger partial charge in [-0.2, -0.15) is 15.1 Å². The van der Waals surface area contributed by atoms with E-state index in [9.17, 15) is 9.50 Å². The van der Waals surface area contributed by atoms with E-state index in [1.54, 1.807) is 11.8 Å². The van der Waals surface area contributed by atoms with Crippen LogP contribution in [0.5, 0.6) is 6.01 Å². The highest BCUT2D eigenvalue weighted by Crippen LogP contribution is 2.38. The van der Waals surface area contributed by atoms with Crippen LogP contribution in [0.15, 0.2) is 24.4 Å². The van der Waals surface area contributed by atoms with Crippen molar-refractivity contribution in [3.63, 3.8) is 0 Å². The maximum Gasteiger partial charge on any atom is 0.318 e. The number of ether oxygens (including phenoxy) is 1. The van der Waals surface area contributed by atoms with Crippen LogP contribution in [0, 0.1) is 6.92 Å². The Morgan fingerprint density at radius 2 is 2.00 bits per heavy atom. The summed E-state index contributed by atoms with van der Waals surface area (Å²) in [5.41, 5.74) is 3.88. The summed E-state index contributed by atoms with van der Waals surface area (Å²) in [6.07, 6.45) is 2.84. The van der Waals surface area contributed by atoms with Gasteiger partial charge >= 0.3 is 6.01 Å². The number of benzene rings is 1. The highest BCUT2D eigenvalue weighted by molar-refractivity contribution is 5.82. The van der Waals surface area contributed by atoms with Gasteiger partial charge in [0, 0.05) is 29.8 Å². The number of alkyl halides is 1. The van der Waals surface area contributed by atoms with Crippen LogP contribution in [0.1, 0.15) is 47.9 Å². The summed E-state index contributed by atoms with van der Waals surface area (Å²) in [5, 5.41) is 15.3. The van der Waals surface area contributed by atoms with Crippen LogP contribution in [-0.4, -0.2) is 69.3 Å². The predicted molar refractivity (Wildman–Crippen MR) is 116 cm³/mol. The van der Waals surface area contributed by atoms with Gasteiger partial charge in [0.05, 0.1) is 30.6 Å². The molecule has 0 bridgehead atoms. The topological polar surface area (TPSA) is 76.3 Å². The van der Waals surface area contributed by atoms with Crippen LogP contribution in [-0.2, 0) is 0 Å². The third-order valence-electron chi connectivity index (χ3n) is 6.74. The molecule has 3 aromatic rings. The number of halogens is 1. The van der Waals surface area contributed by atoms with Crippen LogP contribution in [0.25, 0.3) is 16.7 Å². The van der Waals surface area contributed by atoms with Crippen molar-refractivity contribution in [1.82, 2.24) is 24.6 Å². The molecule has 1 N–H and O–H groups in total. The zero-order valence-corrected chi connectivity index (χ0v) is 18.1. The number of aryl methyl sites for hydroxylation is 1. The quantitative estimate of drug-likeness (QED) is 0.692. The first-order valence-corrected chi connectivity index (χ1v) is 10.8. The predicted octanol–water partition coefficient (Wildman–Crippen LogP) is 3.13. The molecular weight excluding hydrogens is 397 g/mol. The van der Waals surface area contributed by atoms with Gasteiger partial charge in [-0.3, -0.25) is 0 Å². The van der Waals surface area contributed by atoms with Gasteiger partial charge in [-0.15, -0.1) is 0 Å². The Bertz CT molecular complexity index is 1110. The number of likely N-dealkylation sites (tertiary alicyclic amines) is 1. The molecule has 2 fully saturated rings. The van der Waals surface area contributed by atoms with Crippen LogP contribution in [0.2, 0.25) is 0 Å². The molecular formula is C23H28FN5O2. The molecule has 2 aliphatic rings. The first-order chi connectivity index (χ1) is 14.9. The number of nitrogens with zero attached hydrogens (tertiary/aromatic N) is 5. The molecule has 0 radical (unpaired) electrons. The van der Waals surface area contributed by atoms with Crippen LogP contribution in [0.3, 0.4) is 0 Å². The van der Waals surface area contributed by atoms with Crippen molar-refractivity contribution in [2.75, 3.05) is 27.2 Å². The van der Waals surface area contributed by atoms with Crippen molar-refractivity contribution in [2.45, 2.75) is 50.3 Å². The molecule has 0 amide bonds. The smallest absolute Gasteiger partial charge is 0.318 e. The monoisotopic (exact) mass is 425 g/mol. The van der Waals surface area contributed by atoms with E-state index in [1.807, 2.05) is 31.1 Å². The molecule has 1 saturated carbocycles. The molecule has 1 aliphatic carbocycles. The lowest BCUT2D eigenvalue weighted by molar-refractivity contribution is 0.0729. The molecule has 1 saturated heterocycles. The number of aromatic nitrogens is 4. The van der Waals surface area contributed by atoms with E-state index in [-0.39, 0.29) is 24.0 Å². The first-order valence-electron chi connectivity index (χ1n) is 10.8. The standard InChI is InChI=1S/C23H28FN5O2/c1-13-6-15-11-25-29(21(15)9-18(13)17-4-5-28(2)12-19(17)24)22-10-20(14-7-16(30)8-14)26-23(27-22)31-3/h6,9-11,14,16-17,19,30H,4-5,7-8,12H2,1-3H3/t14?,16?,17-,19+/m1/s1. The largest absolute Gasteiger partial charge is 0.467 e. The zero-order chi connectivity index (χ0) is 21.7. The van der Waals surface area contributed by atoms with Gasteiger partial charge in [-0.25, -0.2) is 9.07 Å². The fraction of sp³-hybridized carbons (Fsp3) is 0.522. The van der Waals surface area contributed by atoms with Gasteiger partial charge in [-0.1, -0.05) is 0 Å². The number of aliphatic hydroxyl groups is 1. The average Bonchev–Trinajstić information content (AvgIpc) is 3.13. The number of fused-ring (bicyclic) bond motifs is 1. The number of hydrogen-bond donors (Lipinski definition) is 1. The van der Waals surface area contributed by atoms with E-state index < -0.39 is 6.17 Å². The molecule has 7 nitrogen and oxygen atoms in total.